The molecule has 0 radical (unpaired) electrons. The van der Waals surface area contributed by atoms with E-state index in [0.717, 1.165) is 10.8 Å². The van der Waals surface area contributed by atoms with Crippen LogP contribution in [0.3, 0.4) is 0 Å². The number of ether oxygens (including phenoxy) is 1. The van der Waals surface area contributed by atoms with Gasteiger partial charge in [-0.2, -0.15) is 0 Å². The Labute approximate surface area is 104 Å². The predicted molar refractivity (Wildman–Crippen MR) is 66.7 cm³/mol. The maximum Gasteiger partial charge on any atom is 0.213 e. The molecule has 0 aliphatic rings. The monoisotopic (exact) mass is 250 g/mol. The first-order valence-electron chi connectivity index (χ1n) is 5.28. The molecule has 17 heavy (non-hydrogen) atoms. The molecule has 0 N–H and O–H groups in total. The molecule has 2 aromatic rings. The number of thioether (sulfide) groups is 1. The summed E-state index contributed by atoms with van der Waals surface area (Å²) in [5.74, 6) is 0.597. The van der Waals surface area contributed by atoms with E-state index < -0.39 is 0 Å². The van der Waals surface area contributed by atoms with Crippen molar-refractivity contribution in [1.29, 1.82) is 0 Å². The lowest BCUT2D eigenvalue weighted by molar-refractivity contribution is 0.397. The van der Waals surface area contributed by atoms with Gasteiger partial charge in [-0.1, -0.05) is 25.6 Å². The van der Waals surface area contributed by atoms with Gasteiger partial charge >= 0.3 is 0 Å². The van der Waals surface area contributed by atoms with Gasteiger partial charge in [-0.25, -0.2) is 4.98 Å². The van der Waals surface area contributed by atoms with Crippen LogP contribution in [0.5, 0.6) is 5.88 Å². The smallest absolute Gasteiger partial charge is 0.213 e. The Hall–Kier alpha value is -1.56. The molecule has 0 aliphatic carbocycles. The molecule has 0 unspecified atom stereocenters. The zero-order valence-corrected chi connectivity index (χ0v) is 10.8. The average molecular weight is 250 g/mol. The average Bonchev–Trinajstić information content (AvgIpc) is 2.76. The zero-order chi connectivity index (χ0) is 12.3. The highest BCUT2D eigenvalue weighted by molar-refractivity contribution is 7.99. The normalized spacial score (nSPS) is 10.8. The van der Waals surface area contributed by atoms with E-state index in [4.69, 9.17) is 4.74 Å². The van der Waals surface area contributed by atoms with Gasteiger partial charge < -0.3 is 4.74 Å². The second-order valence-electron chi connectivity index (χ2n) is 3.71. The Balaban J connectivity index is 2.29. The lowest BCUT2D eigenvalue weighted by atomic mass is 10.4. The third kappa shape index (κ3) is 2.76. The molecule has 0 saturated carbocycles. The van der Waals surface area contributed by atoms with Crippen LogP contribution in [0.25, 0.3) is 5.69 Å². The minimum absolute atomic E-state index is 0.462. The molecule has 0 aliphatic heterocycles. The summed E-state index contributed by atoms with van der Waals surface area (Å²) in [6, 6.07) is 3.75. The van der Waals surface area contributed by atoms with Crippen LogP contribution in [0.2, 0.25) is 0 Å². The van der Waals surface area contributed by atoms with Crippen LogP contribution in [-0.4, -0.2) is 32.1 Å². The summed E-state index contributed by atoms with van der Waals surface area (Å²) in [6.45, 7) is 4.24. The molecule has 0 atom stereocenters. The van der Waals surface area contributed by atoms with Gasteiger partial charge in [0.25, 0.3) is 0 Å². The Bertz CT molecular complexity index is 480. The largest absolute Gasteiger partial charge is 0.481 e. The minimum atomic E-state index is 0.462. The van der Waals surface area contributed by atoms with Crippen molar-refractivity contribution in [2.75, 3.05) is 7.11 Å². The van der Waals surface area contributed by atoms with Crippen molar-refractivity contribution in [2.45, 2.75) is 24.3 Å². The predicted octanol–water partition coefficient (Wildman–Crippen LogP) is 2.17. The maximum absolute atomic E-state index is 5.02. The summed E-state index contributed by atoms with van der Waals surface area (Å²) in [5.41, 5.74) is 0.930. The van der Waals surface area contributed by atoms with Gasteiger partial charge in [0, 0.05) is 11.3 Å². The molecule has 2 heterocycles. The number of aromatic nitrogens is 4. The first-order chi connectivity index (χ1) is 8.20. The third-order valence-electron chi connectivity index (χ3n) is 2.07. The van der Waals surface area contributed by atoms with E-state index in [2.05, 4.69) is 29.0 Å². The van der Waals surface area contributed by atoms with Crippen molar-refractivity contribution in [3.63, 3.8) is 0 Å². The lowest BCUT2D eigenvalue weighted by Crippen LogP contribution is -1.99. The highest BCUT2D eigenvalue weighted by atomic mass is 32.2. The molecular weight excluding hydrogens is 236 g/mol. The molecule has 0 bridgehead atoms. The summed E-state index contributed by atoms with van der Waals surface area (Å²) in [6.07, 6.45) is 3.43. The fourth-order valence-electron chi connectivity index (χ4n) is 1.33. The van der Waals surface area contributed by atoms with Crippen molar-refractivity contribution in [1.82, 2.24) is 19.7 Å². The number of hydrogen-bond donors (Lipinski definition) is 0. The zero-order valence-electron chi connectivity index (χ0n) is 9.99. The van der Waals surface area contributed by atoms with Crippen LogP contribution >= 0.6 is 11.8 Å². The summed E-state index contributed by atoms with van der Waals surface area (Å²) in [4.78, 5) is 4.17. The number of rotatable bonds is 4. The molecule has 0 spiro atoms. The third-order valence-corrected chi connectivity index (χ3v) is 3.03. The molecule has 5 nitrogen and oxygen atoms in total. The van der Waals surface area contributed by atoms with Gasteiger partial charge in [0.1, 0.15) is 6.33 Å². The molecule has 0 aromatic carbocycles. The van der Waals surface area contributed by atoms with E-state index in [-0.39, 0.29) is 0 Å². The van der Waals surface area contributed by atoms with Gasteiger partial charge in [0.2, 0.25) is 5.88 Å². The first kappa shape index (κ1) is 11.9. The van der Waals surface area contributed by atoms with E-state index >= 15 is 0 Å². The van der Waals surface area contributed by atoms with Crippen molar-refractivity contribution in [3.05, 3.63) is 24.7 Å². The molecular formula is C11H14N4OS. The fraction of sp³-hybridized carbons (Fsp3) is 0.364. The Morgan fingerprint density at radius 2 is 2.18 bits per heavy atom. The fourth-order valence-corrected chi connectivity index (χ4v) is 2.11. The standard InChI is InChI=1S/C11H14N4OS/c1-8(2)17-11-14-13-7-15(11)9-4-5-10(16-3)12-6-9/h4-8H,1-3H3. The molecule has 2 aromatic heterocycles. The number of methoxy groups -OCH3 is 1. The van der Waals surface area contributed by atoms with Crippen molar-refractivity contribution >= 4 is 11.8 Å². The summed E-state index contributed by atoms with van der Waals surface area (Å²) in [5, 5.41) is 9.35. The summed E-state index contributed by atoms with van der Waals surface area (Å²) < 4.78 is 6.94. The van der Waals surface area contributed by atoms with Gasteiger partial charge in [-0.3, -0.25) is 4.57 Å². The highest BCUT2D eigenvalue weighted by Crippen LogP contribution is 2.23. The van der Waals surface area contributed by atoms with Gasteiger partial charge in [0.05, 0.1) is 19.0 Å². The molecule has 0 amide bonds. The lowest BCUT2D eigenvalue weighted by Gasteiger charge is -2.07. The quantitative estimate of drug-likeness (QED) is 0.778. The van der Waals surface area contributed by atoms with Crippen LogP contribution < -0.4 is 4.74 Å². The maximum atomic E-state index is 5.02. The Morgan fingerprint density at radius 3 is 2.76 bits per heavy atom. The number of hydrogen-bond acceptors (Lipinski definition) is 5. The Kier molecular flexibility index (Phi) is 3.63. The van der Waals surface area contributed by atoms with Gasteiger partial charge in [-0.15, -0.1) is 10.2 Å². The van der Waals surface area contributed by atoms with Gasteiger partial charge in [-0.05, 0) is 6.07 Å². The summed E-state index contributed by atoms with van der Waals surface area (Å²) >= 11 is 1.67. The minimum Gasteiger partial charge on any atom is -0.481 e. The van der Waals surface area contributed by atoms with E-state index in [1.54, 1.807) is 31.4 Å². The van der Waals surface area contributed by atoms with Gasteiger partial charge in [0.15, 0.2) is 5.16 Å². The molecule has 2 rings (SSSR count). The van der Waals surface area contributed by atoms with Crippen LogP contribution in [0.4, 0.5) is 0 Å². The van der Waals surface area contributed by atoms with E-state index in [1.807, 2.05) is 16.7 Å². The second kappa shape index (κ2) is 5.18. The van der Waals surface area contributed by atoms with E-state index in [0.29, 0.717) is 11.1 Å². The molecule has 90 valence electrons. The molecule has 6 heteroatoms. The summed E-state index contributed by atoms with van der Waals surface area (Å²) in [7, 11) is 1.60. The molecule has 0 saturated heterocycles. The van der Waals surface area contributed by atoms with Crippen LogP contribution in [0.1, 0.15) is 13.8 Å². The Morgan fingerprint density at radius 1 is 1.35 bits per heavy atom. The SMILES string of the molecule is COc1ccc(-n2cnnc2SC(C)C)cn1. The molecule has 0 fully saturated rings. The van der Waals surface area contributed by atoms with E-state index in [1.165, 1.54) is 0 Å². The second-order valence-corrected chi connectivity index (χ2v) is 5.25. The van der Waals surface area contributed by atoms with E-state index in [9.17, 15) is 0 Å². The highest BCUT2D eigenvalue weighted by Gasteiger charge is 2.09. The van der Waals surface area contributed by atoms with Crippen LogP contribution in [0, 0.1) is 0 Å². The number of pyridine rings is 1. The van der Waals surface area contributed by atoms with Crippen LogP contribution in [0.15, 0.2) is 29.8 Å². The topological polar surface area (TPSA) is 52.8 Å². The first-order valence-corrected chi connectivity index (χ1v) is 6.15. The van der Waals surface area contributed by atoms with Crippen LogP contribution in [-0.2, 0) is 0 Å². The van der Waals surface area contributed by atoms with Crippen molar-refractivity contribution in [3.8, 4) is 11.6 Å². The number of nitrogens with zero attached hydrogens (tertiary/aromatic N) is 4. The van der Waals surface area contributed by atoms with Crippen molar-refractivity contribution in [2.24, 2.45) is 0 Å². The van der Waals surface area contributed by atoms with Crippen molar-refractivity contribution < 1.29 is 4.74 Å².